The van der Waals surface area contributed by atoms with Crippen LogP contribution in [-0.4, -0.2) is 23.6 Å². The number of hydrogen-bond acceptors (Lipinski definition) is 4. The van der Waals surface area contributed by atoms with Gasteiger partial charge in [-0.25, -0.2) is 4.79 Å². The summed E-state index contributed by atoms with van der Waals surface area (Å²) in [4.78, 5) is 23.7. The molecule has 0 aliphatic rings. The van der Waals surface area contributed by atoms with Crippen LogP contribution >= 0.6 is 23.2 Å². The monoisotopic (exact) mass is 367 g/mol. The smallest absolute Gasteiger partial charge is 0.342 e. The second-order valence-electron chi connectivity index (χ2n) is 5.06. The maximum Gasteiger partial charge on any atom is 0.342 e. The molecule has 0 aliphatic carbocycles. The highest BCUT2D eigenvalue weighted by Crippen LogP contribution is 2.25. The summed E-state index contributed by atoms with van der Waals surface area (Å²) in [7, 11) is 0. The molecule has 2 rings (SSSR count). The van der Waals surface area contributed by atoms with Gasteiger partial charge in [0, 0.05) is 0 Å². The number of carbonyl (C=O) groups excluding carboxylic acids is 2. The minimum absolute atomic E-state index is 0.00262. The SMILES string of the molecule is C[C@H](NC(=O)COC(=O)c1ccccc1O)c1ccc(Cl)c(Cl)c1. The zero-order valence-corrected chi connectivity index (χ0v) is 14.3. The zero-order valence-electron chi connectivity index (χ0n) is 12.8. The molecule has 0 saturated carbocycles. The molecule has 2 aromatic carbocycles. The summed E-state index contributed by atoms with van der Waals surface area (Å²) in [5.41, 5.74) is 0.771. The highest BCUT2D eigenvalue weighted by Gasteiger charge is 2.15. The summed E-state index contributed by atoms with van der Waals surface area (Å²) >= 11 is 11.8. The molecule has 0 fully saturated rings. The number of amides is 1. The number of halogens is 2. The van der Waals surface area contributed by atoms with Crippen LogP contribution in [0.5, 0.6) is 5.75 Å². The number of hydrogen-bond donors (Lipinski definition) is 2. The minimum Gasteiger partial charge on any atom is -0.507 e. The number of nitrogens with one attached hydrogen (secondary N) is 1. The number of para-hydroxylation sites is 1. The Hall–Kier alpha value is -2.24. The molecule has 1 atom stereocenters. The molecule has 0 spiro atoms. The highest BCUT2D eigenvalue weighted by molar-refractivity contribution is 6.42. The van der Waals surface area contributed by atoms with E-state index in [2.05, 4.69) is 5.32 Å². The standard InChI is InChI=1S/C17H15Cl2NO4/c1-10(11-6-7-13(18)14(19)8-11)20-16(22)9-24-17(23)12-4-2-3-5-15(12)21/h2-8,10,21H,9H2,1H3,(H,20,22)/t10-/m0/s1. The van der Waals surface area contributed by atoms with Crippen molar-refractivity contribution in [3.05, 3.63) is 63.6 Å². The molecule has 0 unspecified atom stereocenters. The van der Waals surface area contributed by atoms with Crippen LogP contribution in [0.3, 0.4) is 0 Å². The van der Waals surface area contributed by atoms with Crippen LogP contribution in [0.4, 0.5) is 0 Å². The Kier molecular flexibility index (Phi) is 6.06. The number of aromatic hydroxyl groups is 1. The molecule has 5 nitrogen and oxygen atoms in total. The topological polar surface area (TPSA) is 75.6 Å². The van der Waals surface area contributed by atoms with Crippen molar-refractivity contribution >= 4 is 35.1 Å². The largest absolute Gasteiger partial charge is 0.507 e. The summed E-state index contributed by atoms with van der Waals surface area (Å²) in [6.45, 7) is 1.31. The predicted molar refractivity (Wildman–Crippen MR) is 91.4 cm³/mol. The Balaban J connectivity index is 1.90. The molecule has 0 aliphatic heterocycles. The molecule has 0 bridgehead atoms. The van der Waals surface area contributed by atoms with Crippen molar-refractivity contribution in [3.8, 4) is 5.75 Å². The van der Waals surface area contributed by atoms with Gasteiger partial charge in [-0.15, -0.1) is 0 Å². The third-order valence-corrected chi connectivity index (χ3v) is 4.02. The van der Waals surface area contributed by atoms with E-state index in [1.54, 1.807) is 37.3 Å². The number of carbonyl (C=O) groups is 2. The van der Waals surface area contributed by atoms with Crippen molar-refractivity contribution in [3.63, 3.8) is 0 Å². The molecule has 2 N–H and O–H groups in total. The molecular formula is C17H15Cl2NO4. The summed E-state index contributed by atoms with van der Waals surface area (Å²) in [5.74, 6) is -1.45. The van der Waals surface area contributed by atoms with Gasteiger partial charge in [-0.05, 0) is 36.8 Å². The quantitative estimate of drug-likeness (QED) is 0.789. The number of esters is 1. The second-order valence-corrected chi connectivity index (χ2v) is 5.87. The lowest BCUT2D eigenvalue weighted by Crippen LogP contribution is -2.31. The van der Waals surface area contributed by atoms with Crippen LogP contribution in [-0.2, 0) is 9.53 Å². The Labute approximate surface area is 149 Å². The number of phenolic OH excluding ortho intramolecular Hbond substituents is 1. The summed E-state index contributed by atoms with van der Waals surface area (Å²) in [5, 5.41) is 13.1. The molecule has 0 radical (unpaired) electrons. The van der Waals surface area contributed by atoms with Crippen molar-refractivity contribution in [2.24, 2.45) is 0 Å². The van der Waals surface area contributed by atoms with Crippen molar-refractivity contribution in [2.45, 2.75) is 13.0 Å². The van der Waals surface area contributed by atoms with Gasteiger partial charge >= 0.3 is 5.97 Å². The van der Waals surface area contributed by atoms with E-state index in [9.17, 15) is 14.7 Å². The molecule has 0 heterocycles. The van der Waals surface area contributed by atoms with Gasteiger partial charge in [-0.1, -0.05) is 41.4 Å². The van der Waals surface area contributed by atoms with Gasteiger partial charge in [-0.3, -0.25) is 4.79 Å². The first kappa shape index (κ1) is 18.1. The lowest BCUT2D eigenvalue weighted by atomic mass is 10.1. The Morgan fingerprint density at radius 1 is 1.17 bits per heavy atom. The third kappa shape index (κ3) is 4.63. The van der Waals surface area contributed by atoms with Gasteiger partial charge in [0.25, 0.3) is 5.91 Å². The maximum atomic E-state index is 11.9. The van der Waals surface area contributed by atoms with E-state index in [0.29, 0.717) is 10.0 Å². The minimum atomic E-state index is -0.773. The molecule has 7 heteroatoms. The summed E-state index contributed by atoms with van der Waals surface area (Å²) < 4.78 is 4.89. The normalized spacial score (nSPS) is 11.6. The third-order valence-electron chi connectivity index (χ3n) is 3.28. The second kappa shape index (κ2) is 8.04. The molecule has 2 aromatic rings. The van der Waals surface area contributed by atoms with Gasteiger partial charge in [0.2, 0.25) is 0 Å². The highest BCUT2D eigenvalue weighted by atomic mass is 35.5. The van der Waals surface area contributed by atoms with Crippen molar-refractivity contribution in [2.75, 3.05) is 6.61 Å². The zero-order chi connectivity index (χ0) is 17.7. The van der Waals surface area contributed by atoms with Gasteiger partial charge < -0.3 is 15.2 Å². The van der Waals surface area contributed by atoms with Crippen molar-refractivity contribution < 1.29 is 19.4 Å². The summed E-state index contributed by atoms with van der Waals surface area (Å²) in [6, 6.07) is 10.6. The molecule has 0 aromatic heterocycles. The van der Waals surface area contributed by atoms with E-state index < -0.39 is 18.5 Å². The number of phenols is 1. The summed E-state index contributed by atoms with van der Waals surface area (Å²) in [6.07, 6.45) is 0. The number of ether oxygens (including phenoxy) is 1. The molecule has 126 valence electrons. The Morgan fingerprint density at radius 2 is 1.88 bits per heavy atom. The van der Waals surface area contributed by atoms with Gasteiger partial charge in [0.05, 0.1) is 16.1 Å². The Bertz CT molecular complexity index is 764. The number of rotatable bonds is 5. The average molecular weight is 368 g/mol. The van der Waals surface area contributed by atoms with E-state index in [-0.39, 0.29) is 17.4 Å². The fourth-order valence-corrected chi connectivity index (χ4v) is 2.31. The number of benzene rings is 2. The van der Waals surface area contributed by atoms with Crippen LogP contribution in [0.2, 0.25) is 10.0 Å². The molecule has 24 heavy (non-hydrogen) atoms. The van der Waals surface area contributed by atoms with Crippen LogP contribution in [0, 0.1) is 0 Å². The van der Waals surface area contributed by atoms with Crippen LogP contribution in [0.1, 0.15) is 28.9 Å². The van der Waals surface area contributed by atoms with Crippen LogP contribution < -0.4 is 5.32 Å². The fourth-order valence-electron chi connectivity index (χ4n) is 2.00. The lowest BCUT2D eigenvalue weighted by molar-refractivity contribution is -0.124. The van der Waals surface area contributed by atoms with Crippen LogP contribution in [0.25, 0.3) is 0 Å². The predicted octanol–water partition coefficient (Wildman–Crippen LogP) is 3.73. The fraction of sp³-hybridized carbons (Fsp3) is 0.176. The van der Waals surface area contributed by atoms with Crippen LogP contribution in [0.15, 0.2) is 42.5 Å². The first-order valence-electron chi connectivity index (χ1n) is 7.08. The van der Waals surface area contributed by atoms with E-state index in [1.807, 2.05) is 0 Å². The first-order chi connectivity index (χ1) is 11.4. The first-order valence-corrected chi connectivity index (χ1v) is 7.83. The van der Waals surface area contributed by atoms with Gasteiger partial charge in [-0.2, -0.15) is 0 Å². The molecule has 0 saturated heterocycles. The molecular weight excluding hydrogens is 353 g/mol. The molecule has 1 amide bonds. The lowest BCUT2D eigenvalue weighted by Gasteiger charge is -2.15. The van der Waals surface area contributed by atoms with Gasteiger partial charge in [0.15, 0.2) is 6.61 Å². The average Bonchev–Trinajstić information content (AvgIpc) is 2.55. The van der Waals surface area contributed by atoms with Crippen molar-refractivity contribution in [1.82, 2.24) is 5.32 Å². The van der Waals surface area contributed by atoms with E-state index in [0.717, 1.165) is 5.56 Å². The van der Waals surface area contributed by atoms with E-state index in [1.165, 1.54) is 12.1 Å². The van der Waals surface area contributed by atoms with E-state index >= 15 is 0 Å². The maximum absolute atomic E-state index is 11.9. The van der Waals surface area contributed by atoms with E-state index in [4.69, 9.17) is 27.9 Å². The van der Waals surface area contributed by atoms with Gasteiger partial charge in [0.1, 0.15) is 11.3 Å². The Morgan fingerprint density at radius 3 is 2.54 bits per heavy atom. The van der Waals surface area contributed by atoms with Crippen molar-refractivity contribution in [1.29, 1.82) is 0 Å².